The maximum atomic E-state index is 14.5. The minimum Gasteiger partial charge on any atom is -0.421 e. The SMILES string of the molecule is CNc1cc(F)cc2c1Cc1nc(Oc3cnc(C(C)O)nc3)nc(N3C[C@H]4C[C@@H](N)[C@H]4C3)c1-2. The number of ether oxygens (including phenoxy) is 1. The highest BCUT2D eigenvalue weighted by Gasteiger charge is 2.46. The fourth-order valence-corrected chi connectivity index (χ4v) is 5.42. The molecule has 6 rings (SSSR count). The van der Waals surface area contributed by atoms with Crippen LogP contribution in [0.5, 0.6) is 11.8 Å². The Hall–Kier alpha value is -3.37. The van der Waals surface area contributed by atoms with Crippen LogP contribution in [0.3, 0.4) is 0 Å². The number of hydrogen-bond acceptors (Lipinski definition) is 9. The normalized spacial score (nSPS) is 23.1. The maximum absolute atomic E-state index is 14.5. The highest BCUT2D eigenvalue weighted by Crippen LogP contribution is 2.48. The zero-order chi connectivity index (χ0) is 23.6. The van der Waals surface area contributed by atoms with Gasteiger partial charge < -0.3 is 25.8 Å². The molecule has 1 aromatic carbocycles. The maximum Gasteiger partial charge on any atom is 0.324 e. The quantitative estimate of drug-likeness (QED) is 0.410. The minimum absolute atomic E-state index is 0.185. The van der Waals surface area contributed by atoms with Crippen LogP contribution in [0.2, 0.25) is 0 Å². The lowest BCUT2D eigenvalue weighted by atomic mass is 9.72. The van der Waals surface area contributed by atoms with Crippen LogP contribution >= 0.6 is 0 Å². The van der Waals surface area contributed by atoms with Gasteiger partial charge in [-0.1, -0.05) is 0 Å². The molecule has 0 amide bonds. The van der Waals surface area contributed by atoms with Crippen LogP contribution < -0.4 is 20.7 Å². The van der Waals surface area contributed by atoms with Crippen LogP contribution in [-0.4, -0.2) is 51.2 Å². The molecule has 9 nitrogen and oxygen atoms in total. The van der Waals surface area contributed by atoms with Crippen molar-refractivity contribution >= 4 is 11.5 Å². The van der Waals surface area contributed by atoms with Crippen molar-refractivity contribution in [2.75, 3.05) is 30.4 Å². The minimum atomic E-state index is -0.769. The van der Waals surface area contributed by atoms with E-state index >= 15 is 0 Å². The molecule has 2 aromatic heterocycles. The Morgan fingerprint density at radius 1 is 1.24 bits per heavy atom. The van der Waals surface area contributed by atoms with Crippen LogP contribution in [0.4, 0.5) is 15.9 Å². The van der Waals surface area contributed by atoms with Gasteiger partial charge >= 0.3 is 6.01 Å². The lowest BCUT2D eigenvalue weighted by Crippen LogP contribution is -2.46. The number of aromatic nitrogens is 4. The summed E-state index contributed by atoms with van der Waals surface area (Å²) in [6.07, 6.45) is 3.77. The molecule has 3 aromatic rings. The van der Waals surface area contributed by atoms with Gasteiger partial charge in [0.15, 0.2) is 11.6 Å². The van der Waals surface area contributed by atoms with Crippen LogP contribution in [0, 0.1) is 17.7 Å². The van der Waals surface area contributed by atoms with Crippen LogP contribution in [-0.2, 0) is 6.42 Å². The Morgan fingerprint density at radius 2 is 2.03 bits per heavy atom. The van der Waals surface area contributed by atoms with Gasteiger partial charge in [0.05, 0.1) is 18.1 Å². The Balaban J connectivity index is 1.42. The lowest BCUT2D eigenvalue weighted by molar-refractivity contribution is 0.188. The van der Waals surface area contributed by atoms with E-state index in [0.717, 1.165) is 53.4 Å². The molecule has 34 heavy (non-hydrogen) atoms. The average Bonchev–Trinajstić information content (AvgIpc) is 3.36. The van der Waals surface area contributed by atoms with Gasteiger partial charge in [-0.15, -0.1) is 0 Å². The van der Waals surface area contributed by atoms with Crippen molar-refractivity contribution in [3.05, 3.63) is 47.4 Å². The molecule has 0 bridgehead atoms. The van der Waals surface area contributed by atoms with Gasteiger partial charge in [0.25, 0.3) is 0 Å². The number of fused-ring (bicyclic) bond motifs is 4. The first-order valence-electron chi connectivity index (χ1n) is 11.5. The monoisotopic (exact) mass is 463 g/mol. The van der Waals surface area contributed by atoms with Crippen molar-refractivity contribution < 1.29 is 14.2 Å². The third-order valence-corrected chi connectivity index (χ3v) is 7.19. The summed E-state index contributed by atoms with van der Waals surface area (Å²) in [6, 6.07) is 3.47. The largest absolute Gasteiger partial charge is 0.421 e. The van der Waals surface area contributed by atoms with Crippen molar-refractivity contribution in [3.63, 3.8) is 0 Å². The highest BCUT2D eigenvalue weighted by molar-refractivity contribution is 5.88. The fourth-order valence-electron chi connectivity index (χ4n) is 5.42. The van der Waals surface area contributed by atoms with Gasteiger partial charge in [0, 0.05) is 43.9 Å². The predicted octanol–water partition coefficient (Wildman–Crippen LogP) is 2.65. The third-order valence-electron chi connectivity index (χ3n) is 7.19. The molecule has 4 atom stereocenters. The van der Waals surface area contributed by atoms with Gasteiger partial charge in [-0.3, -0.25) is 0 Å². The molecule has 1 saturated heterocycles. The number of nitrogens with two attached hydrogens (primary N) is 1. The molecule has 0 radical (unpaired) electrons. The summed E-state index contributed by atoms with van der Waals surface area (Å²) in [5.74, 6) is 2.11. The average molecular weight is 464 g/mol. The molecule has 1 aliphatic heterocycles. The van der Waals surface area contributed by atoms with Crippen molar-refractivity contribution in [1.29, 1.82) is 0 Å². The number of nitrogens with zero attached hydrogens (tertiary/aromatic N) is 5. The molecular formula is C24H26FN7O2. The zero-order valence-electron chi connectivity index (χ0n) is 19.0. The molecule has 3 heterocycles. The van der Waals surface area contributed by atoms with E-state index in [-0.39, 0.29) is 17.9 Å². The summed E-state index contributed by atoms with van der Waals surface area (Å²) >= 11 is 0. The van der Waals surface area contributed by atoms with Gasteiger partial charge in [-0.05, 0) is 48.4 Å². The zero-order valence-corrected chi connectivity index (χ0v) is 19.0. The summed E-state index contributed by atoms with van der Waals surface area (Å²) in [5.41, 5.74) is 10.4. The summed E-state index contributed by atoms with van der Waals surface area (Å²) in [7, 11) is 1.79. The molecule has 1 unspecified atom stereocenters. The van der Waals surface area contributed by atoms with Gasteiger partial charge in [0.2, 0.25) is 0 Å². The molecule has 2 fully saturated rings. The number of rotatable bonds is 5. The van der Waals surface area contributed by atoms with Crippen molar-refractivity contribution in [2.24, 2.45) is 17.6 Å². The van der Waals surface area contributed by atoms with Crippen molar-refractivity contribution in [2.45, 2.75) is 31.9 Å². The second kappa shape index (κ2) is 7.85. The van der Waals surface area contributed by atoms with Crippen LogP contribution in [0.25, 0.3) is 11.1 Å². The number of nitrogens with one attached hydrogen (secondary N) is 1. The van der Waals surface area contributed by atoms with E-state index in [1.807, 2.05) is 0 Å². The molecule has 3 aliphatic rings. The fraction of sp³-hybridized carbons (Fsp3) is 0.417. The number of aliphatic hydroxyl groups excluding tert-OH is 1. The van der Waals surface area contributed by atoms with E-state index in [0.29, 0.717) is 29.8 Å². The van der Waals surface area contributed by atoms with Gasteiger partial charge in [-0.2, -0.15) is 9.97 Å². The Morgan fingerprint density at radius 3 is 2.71 bits per heavy atom. The first-order chi connectivity index (χ1) is 16.4. The molecule has 4 N–H and O–H groups in total. The van der Waals surface area contributed by atoms with E-state index in [1.165, 1.54) is 18.5 Å². The summed E-state index contributed by atoms with van der Waals surface area (Å²) in [4.78, 5) is 20.0. The topological polar surface area (TPSA) is 122 Å². The number of halogens is 1. The van der Waals surface area contributed by atoms with Gasteiger partial charge in [-0.25, -0.2) is 14.4 Å². The van der Waals surface area contributed by atoms with Gasteiger partial charge in [0.1, 0.15) is 17.7 Å². The standard InChI is InChI=1S/C24H26FN7O2/c1-11(33)22-28-7-14(8-29-22)34-24-30-20-6-15-16(4-13(25)5-19(15)27-2)21(20)23(31-24)32-9-12-3-18(26)17(12)10-32/h4-5,7-8,11-12,17-18,27,33H,3,6,9-10,26H2,1-2H3/t11?,12-,17+,18-/m1/s1. The highest BCUT2D eigenvalue weighted by atomic mass is 19.1. The van der Waals surface area contributed by atoms with E-state index in [1.54, 1.807) is 20.0 Å². The Kier molecular flexibility index (Phi) is 4.89. The van der Waals surface area contributed by atoms with E-state index in [9.17, 15) is 9.50 Å². The van der Waals surface area contributed by atoms with Crippen LogP contribution in [0.1, 0.15) is 36.5 Å². The molecule has 0 spiro atoms. The molecule has 10 heteroatoms. The molecular weight excluding hydrogens is 437 g/mol. The number of aliphatic hydroxyl groups is 1. The molecule has 1 saturated carbocycles. The summed E-state index contributed by atoms with van der Waals surface area (Å²) in [5, 5.41) is 12.7. The van der Waals surface area contributed by atoms with E-state index < -0.39 is 6.10 Å². The van der Waals surface area contributed by atoms with Crippen LogP contribution in [0.15, 0.2) is 24.5 Å². The number of hydrogen-bond donors (Lipinski definition) is 3. The van der Waals surface area contributed by atoms with Crippen molar-refractivity contribution in [1.82, 2.24) is 19.9 Å². The molecule has 2 aliphatic carbocycles. The summed E-state index contributed by atoms with van der Waals surface area (Å²) < 4.78 is 20.4. The predicted molar refractivity (Wildman–Crippen MR) is 124 cm³/mol. The van der Waals surface area contributed by atoms with Crippen molar-refractivity contribution in [3.8, 4) is 22.9 Å². The second-order valence-corrected chi connectivity index (χ2v) is 9.34. The van der Waals surface area contributed by atoms with E-state index in [4.69, 9.17) is 15.5 Å². The second-order valence-electron chi connectivity index (χ2n) is 9.34. The number of benzene rings is 1. The number of anilines is 2. The lowest BCUT2D eigenvalue weighted by Gasteiger charge is -2.36. The van der Waals surface area contributed by atoms with E-state index in [2.05, 4.69) is 25.2 Å². The summed E-state index contributed by atoms with van der Waals surface area (Å²) in [6.45, 7) is 3.27. The Labute approximate surface area is 196 Å². The smallest absolute Gasteiger partial charge is 0.324 e. The Bertz CT molecular complexity index is 1270. The third kappa shape index (κ3) is 3.36. The molecule has 176 valence electrons. The first-order valence-corrected chi connectivity index (χ1v) is 11.5. The first kappa shape index (κ1) is 21.2.